The number of hydrogen-bond donors (Lipinski definition) is 2. The van der Waals surface area contributed by atoms with Crippen molar-refractivity contribution in [1.29, 1.82) is 0 Å². The lowest BCUT2D eigenvalue weighted by Crippen LogP contribution is -2.44. The summed E-state index contributed by atoms with van der Waals surface area (Å²) < 4.78 is 5.33. The lowest BCUT2D eigenvalue weighted by molar-refractivity contribution is 0.233. The van der Waals surface area contributed by atoms with Crippen LogP contribution in [0.15, 0.2) is 54.6 Å². The predicted octanol–water partition coefficient (Wildman–Crippen LogP) is 4.58. The van der Waals surface area contributed by atoms with Crippen LogP contribution in [-0.4, -0.2) is 38.8 Å². The van der Waals surface area contributed by atoms with Gasteiger partial charge in [-0.2, -0.15) is 0 Å². The summed E-state index contributed by atoms with van der Waals surface area (Å²) in [5.74, 6) is 1.33. The van der Waals surface area contributed by atoms with Crippen molar-refractivity contribution in [2.75, 3.05) is 31.6 Å². The van der Waals surface area contributed by atoms with E-state index in [4.69, 9.17) is 4.74 Å². The third-order valence-corrected chi connectivity index (χ3v) is 6.00. The van der Waals surface area contributed by atoms with Gasteiger partial charge in [0.2, 0.25) is 0 Å². The quantitative estimate of drug-likeness (QED) is 0.671. The number of carbonyl (C=O) groups excluding carboxylic acids is 1. The van der Waals surface area contributed by atoms with Crippen molar-refractivity contribution in [2.45, 2.75) is 45.1 Å². The standard InChI is InChI=1S/C25H35N3O2/c1-19(16-25(2,3)21-9-6-5-7-10-21)27-24(29)26-17-20-13-14-28(18-20)22-11-8-12-23(15-22)30-4/h5-12,15,19-20H,13-14,16-18H2,1-4H3,(H2,26,27,29). The van der Waals surface area contributed by atoms with E-state index >= 15 is 0 Å². The molecule has 30 heavy (non-hydrogen) atoms. The van der Waals surface area contributed by atoms with Crippen LogP contribution in [0.1, 0.15) is 39.2 Å². The summed E-state index contributed by atoms with van der Waals surface area (Å²) in [7, 11) is 1.69. The van der Waals surface area contributed by atoms with E-state index in [1.54, 1.807) is 7.11 Å². The van der Waals surface area contributed by atoms with Crippen LogP contribution in [0.2, 0.25) is 0 Å². The van der Waals surface area contributed by atoms with Crippen LogP contribution in [0.3, 0.4) is 0 Å². The minimum absolute atomic E-state index is 0.0106. The van der Waals surface area contributed by atoms with Gasteiger partial charge in [0.05, 0.1) is 7.11 Å². The van der Waals surface area contributed by atoms with Gasteiger partial charge in [-0.3, -0.25) is 0 Å². The summed E-state index contributed by atoms with van der Waals surface area (Å²) in [5, 5.41) is 6.18. The number of nitrogens with zero attached hydrogens (tertiary/aromatic N) is 1. The summed E-state index contributed by atoms with van der Waals surface area (Å²) in [6, 6.07) is 18.7. The smallest absolute Gasteiger partial charge is 0.315 e. The van der Waals surface area contributed by atoms with E-state index in [1.165, 1.54) is 11.3 Å². The number of anilines is 1. The molecule has 1 saturated heterocycles. The van der Waals surface area contributed by atoms with E-state index in [9.17, 15) is 4.79 Å². The Bertz CT molecular complexity index is 822. The second-order valence-corrected chi connectivity index (χ2v) is 9.01. The zero-order valence-corrected chi connectivity index (χ0v) is 18.7. The fraction of sp³-hybridized carbons (Fsp3) is 0.480. The Kier molecular flexibility index (Phi) is 7.24. The van der Waals surface area contributed by atoms with Crippen LogP contribution in [-0.2, 0) is 5.41 Å². The first kappa shape index (κ1) is 22.0. The van der Waals surface area contributed by atoms with E-state index < -0.39 is 0 Å². The Balaban J connectivity index is 1.42. The minimum atomic E-state index is -0.0776. The molecule has 0 aromatic heterocycles. The molecule has 0 aliphatic carbocycles. The van der Waals surface area contributed by atoms with Gasteiger partial charge in [-0.15, -0.1) is 0 Å². The molecule has 162 valence electrons. The largest absolute Gasteiger partial charge is 0.497 e. The molecule has 2 atom stereocenters. The van der Waals surface area contributed by atoms with E-state index in [2.05, 4.69) is 72.7 Å². The van der Waals surface area contributed by atoms with Crippen LogP contribution in [0, 0.1) is 5.92 Å². The summed E-state index contributed by atoms with van der Waals surface area (Å²) in [6.45, 7) is 9.17. The molecule has 3 rings (SSSR count). The first-order valence-electron chi connectivity index (χ1n) is 10.9. The van der Waals surface area contributed by atoms with Crippen molar-refractivity contribution < 1.29 is 9.53 Å². The maximum atomic E-state index is 12.4. The Hall–Kier alpha value is -2.69. The topological polar surface area (TPSA) is 53.6 Å². The number of amides is 2. The fourth-order valence-electron chi connectivity index (χ4n) is 4.38. The highest BCUT2D eigenvalue weighted by atomic mass is 16.5. The zero-order valence-electron chi connectivity index (χ0n) is 18.7. The summed E-state index contributed by atoms with van der Waals surface area (Å²) in [4.78, 5) is 14.8. The van der Waals surface area contributed by atoms with Crippen LogP contribution < -0.4 is 20.3 Å². The summed E-state index contributed by atoms with van der Waals surface area (Å²) >= 11 is 0. The van der Waals surface area contributed by atoms with Crippen LogP contribution in [0.5, 0.6) is 5.75 Å². The SMILES string of the molecule is COc1cccc(N2CCC(CNC(=O)NC(C)CC(C)(C)c3ccccc3)C2)c1. The molecule has 2 amide bonds. The molecule has 0 spiro atoms. The van der Waals surface area contributed by atoms with Crippen LogP contribution in [0.25, 0.3) is 0 Å². The monoisotopic (exact) mass is 409 g/mol. The highest BCUT2D eigenvalue weighted by molar-refractivity contribution is 5.74. The second-order valence-electron chi connectivity index (χ2n) is 9.01. The molecule has 2 unspecified atom stereocenters. The minimum Gasteiger partial charge on any atom is -0.497 e. The number of ether oxygens (including phenoxy) is 1. The average molecular weight is 410 g/mol. The number of hydrogen-bond acceptors (Lipinski definition) is 3. The van der Waals surface area contributed by atoms with Gasteiger partial charge in [-0.1, -0.05) is 50.2 Å². The molecule has 2 aromatic rings. The molecule has 0 radical (unpaired) electrons. The van der Waals surface area contributed by atoms with Gasteiger partial charge in [0.25, 0.3) is 0 Å². The van der Waals surface area contributed by atoms with E-state index in [-0.39, 0.29) is 17.5 Å². The predicted molar refractivity (Wildman–Crippen MR) is 123 cm³/mol. The van der Waals surface area contributed by atoms with Crippen molar-refractivity contribution in [3.8, 4) is 5.75 Å². The maximum absolute atomic E-state index is 12.4. The lowest BCUT2D eigenvalue weighted by Gasteiger charge is -2.29. The van der Waals surface area contributed by atoms with Gasteiger partial charge in [0.15, 0.2) is 0 Å². The molecule has 1 fully saturated rings. The third kappa shape index (κ3) is 5.91. The van der Waals surface area contributed by atoms with Crippen LogP contribution >= 0.6 is 0 Å². The second kappa shape index (κ2) is 9.88. The molecule has 1 aliphatic heterocycles. The Morgan fingerprint density at radius 1 is 1.20 bits per heavy atom. The number of nitrogens with one attached hydrogen (secondary N) is 2. The fourth-order valence-corrected chi connectivity index (χ4v) is 4.38. The summed E-state index contributed by atoms with van der Waals surface area (Å²) in [6.07, 6.45) is 1.96. The maximum Gasteiger partial charge on any atom is 0.315 e. The van der Waals surface area contributed by atoms with Crippen molar-refractivity contribution in [3.05, 3.63) is 60.2 Å². The van der Waals surface area contributed by atoms with E-state index in [0.29, 0.717) is 12.5 Å². The lowest BCUT2D eigenvalue weighted by atomic mass is 9.79. The van der Waals surface area contributed by atoms with Crippen molar-refractivity contribution in [3.63, 3.8) is 0 Å². The average Bonchev–Trinajstić information content (AvgIpc) is 3.21. The molecule has 1 heterocycles. The molecule has 1 aliphatic rings. The molecule has 0 bridgehead atoms. The highest BCUT2D eigenvalue weighted by Crippen LogP contribution is 2.28. The number of benzene rings is 2. The molecule has 2 aromatic carbocycles. The normalized spacial score (nSPS) is 17.5. The Morgan fingerprint density at radius 3 is 2.70 bits per heavy atom. The zero-order chi connectivity index (χ0) is 21.6. The van der Waals surface area contributed by atoms with Gasteiger partial charge >= 0.3 is 6.03 Å². The van der Waals surface area contributed by atoms with Gasteiger partial charge in [0, 0.05) is 37.4 Å². The van der Waals surface area contributed by atoms with E-state index in [0.717, 1.165) is 31.7 Å². The van der Waals surface area contributed by atoms with Gasteiger partial charge in [0.1, 0.15) is 5.75 Å². The molecular weight excluding hydrogens is 374 g/mol. The molecule has 2 N–H and O–H groups in total. The first-order chi connectivity index (χ1) is 14.4. The number of rotatable bonds is 8. The number of methoxy groups -OCH3 is 1. The van der Waals surface area contributed by atoms with Crippen molar-refractivity contribution in [2.24, 2.45) is 5.92 Å². The number of carbonyl (C=O) groups is 1. The van der Waals surface area contributed by atoms with Gasteiger partial charge in [-0.25, -0.2) is 4.79 Å². The number of urea groups is 1. The Labute approximate surface area is 180 Å². The van der Waals surface area contributed by atoms with Crippen LogP contribution in [0.4, 0.5) is 10.5 Å². The molecule has 5 heteroatoms. The van der Waals surface area contributed by atoms with Crippen molar-refractivity contribution >= 4 is 11.7 Å². The van der Waals surface area contributed by atoms with E-state index in [1.807, 2.05) is 18.2 Å². The molecule has 5 nitrogen and oxygen atoms in total. The molecular formula is C25H35N3O2. The molecule has 0 saturated carbocycles. The third-order valence-electron chi connectivity index (χ3n) is 6.00. The highest BCUT2D eigenvalue weighted by Gasteiger charge is 2.25. The first-order valence-corrected chi connectivity index (χ1v) is 10.9. The summed E-state index contributed by atoms with van der Waals surface area (Å²) in [5.41, 5.74) is 2.48. The van der Waals surface area contributed by atoms with Crippen molar-refractivity contribution in [1.82, 2.24) is 10.6 Å². The Morgan fingerprint density at radius 2 is 1.97 bits per heavy atom. The van der Waals surface area contributed by atoms with Gasteiger partial charge in [-0.05, 0) is 48.8 Å². The van der Waals surface area contributed by atoms with Gasteiger partial charge < -0.3 is 20.3 Å².